The minimum absolute atomic E-state index is 0.351. The summed E-state index contributed by atoms with van der Waals surface area (Å²) < 4.78 is 15.6. The van der Waals surface area contributed by atoms with E-state index >= 15 is 0 Å². The Kier molecular flexibility index (Phi) is 6.89. The zero-order valence-electron chi connectivity index (χ0n) is 30.6. The Morgan fingerprint density at radius 1 is 0.456 bits per heavy atom. The molecule has 1 aliphatic heterocycles. The van der Waals surface area contributed by atoms with E-state index < -0.39 is 0 Å². The Morgan fingerprint density at radius 2 is 1.09 bits per heavy atom. The summed E-state index contributed by atoms with van der Waals surface area (Å²) in [7, 11) is 0. The van der Waals surface area contributed by atoms with Crippen molar-refractivity contribution < 1.29 is 8.83 Å². The summed E-state index contributed by atoms with van der Waals surface area (Å²) in [5.74, 6) is 1.47. The van der Waals surface area contributed by atoms with Crippen LogP contribution in [0.5, 0.6) is 0 Å². The fourth-order valence-corrected chi connectivity index (χ4v) is 8.61. The first-order valence-electron chi connectivity index (χ1n) is 19.2. The third kappa shape index (κ3) is 5.04. The molecule has 268 valence electrons. The van der Waals surface area contributed by atoms with E-state index in [1.807, 2.05) is 54.6 Å². The fourth-order valence-electron chi connectivity index (χ4n) is 8.61. The van der Waals surface area contributed by atoms with Crippen LogP contribution in [-0.2, 0) is 0 Å². The van der Waals surface area contributed by atoms with Crippen molar-refractivity contribution in [1.29, 1.82) is 0 Å². The number of aromatic nitrogens is 1. The summed E-state index contributed by atoms with van der Waals surface area (Å²) in [6.07, 6.45) is -0.351. The zero-order chi connectivity index (χ0) is 37.5. The summed E-state index contributed by atoms with van der Waals surface area (Å²) in [5, 5.41) is 10.4. The number of para-hydroxylation sites is 2. The van der Waals surface area contributed by atoms with Crippen LogP contribution in [0.4, 0.5) is 0 Å². The number of amidine groups is 2. The monoisotopic (exact) mass is 732 g/mol. The Balaban J connectivity index is 0.936. The highest BCUT2D eigenvalue weighted by atomic mass is 16.3. The summed E-state index contributed by atoms with van der Waals surface area (Å²) >= 11 is 0. The number of furan rings is 2. The van der Waals surface area contributed by atoms with Crippen LogP contribution in [0.3, 0.4) is 0 Å². The van der Waals surface area contributed by atoms with E-state index in [-0.39, 0.29) is 6.17 Å². The molecule has 4 heterocycles. The highest BCUT2D eigenvalue weighted by Crippen LogP contribution is 2.41. The molecule has 0 aliphatic carbocycles. The van der Waals surface area contributed by atoms with Crippen LogP contribution in [0.1, 0.15) is 22.9 Å². The van der Waals surface area contributed by atoms with Crippen LogP contribution in [0, 0.1) is 0 Å². The van der Waals surface area contributed by atoms with Gasteiger partial charge in [-0.05, 0) is 59.7 Å². The molecule has 1 atom stereocenters. The summed E-state index contributed by atoms with van der Waals surface area (Å²) in [6, 6.07) is 63.2. The Bertz CT molecular complexity index is 3390. The lowest BCUT2D eigenvalue weighted by molar-refractivity contribution is 0.655. The minimum Gasteiger partial charge on any atom is -0.456 e. The number of hydrogen-bond acceptors (Lipinski definition) is 5. The van der Waals surface area contributed by atoms with E-state index in [2.05, 4.69) is 137 Å². The fraction of sp³-hybridized carbons (Fsp3) is 0.0196. The molecule has 8 aromatic carbocycles. The quantitative estimate of drug-likeness (QED) is 0.192. The summed E-state index contributed by atoms with van der Waals surface area (Å²) in [4.78, 5) is 10.0. The molecule has 12 rings (SSSR count). The highest BCUT2D eigenvalue weighted by Gasteiger charge is 2.23. The molecule has 6 heteroatoms. The molecule has 0 radical (unpaired) electrons. The standard InChI is InChI=1S/C51H32N4O2/c1-3-12-31(13-4-1)49-52-50(32-14-5-2-6-15-32)54-51(53-49)34-23-26-41-46(29-34)56-44-21-11-18-36(48(41)44)33-22-25-39-40-27-24-35(30-47(40)57-45(39)28-33)55-42-19-9-7-16-37(42)38-17-8-10-20-43(38)55/h1-30,51H,(H,52,53,54). The zero-order valence-corrected chi connectivity index (χ0v) is 30.6. The van der Waals surface area contributed by atoms with Gasteiger partial charge in [0.05, 0.1) is 11.0 Å². The van der Waals surface area contributed by atoms with Crippen LogP contribution < -0.4 is 5.32 Å². The molecule has 0 saturated heterocycles. The smallest absolute Gasteiger partial charge is 0.159 e. The number of benzene rings is 8. The van der Waals surface area contributed by atoms with E-state index in [1.165, 1.54) is 21.8 Å². The number of nitrogens with zero attached hydrogens (tertiary/aromatic N) is 3. The third-order valence-electron chi connectivity index (χ3n) is 11.3. The largest absolute Gasteiger partial charge is 0.456 e. The average molecular weight is 733 g/mol. The number of rotatable bonds is 5. The lowest BCUT2D eigenvalue weighted by Gasteiger charge is -2.23. The van der Waals surface area contributed by atoms with Crippen LogP contribution in [0.25, 0.3) is 82.5 Å². The predicted molar refractivity (Wildman–Crippen MR) is 233 cm³/mol. The second-order valence-electron chi connectivity index (χ2n) is 14.6. The molecule has 11 aromatic rings. The van der Waals surface area contributed by atoms with E-state index in [4.69, 9.17) is 18.8 Å². The van der Waals surface area contributed by atoms with Gasteiger partial charge in [-0.15, -0.1) is 0 Å². The second-order valence-corrected chi connectivity index (χ2v) is 14.6. The number of hydrogen-bond donors (Lipinski definition) is 1. The normalized spacial score (nSPS) is 14.5. The van der Waals surface area contributed by atoms with E-state index in [0.717, 1.165) is 83.2 Å². The molecular formula is C51H32N4O2. The van der Waals surface area contributed by atoms with Crippen molar-refractivity contribution in [3.63, 3.8) is 0 Å². The molecule has 0 amide bonds. The van der Waals surface area contributed by atoms with Gasteiger partial charge in [0, 0.05) is 60.8 Å². The van der Waals surface area contributed by atoms with Crippen LogP contribution in [0.2, 0.25) is 0 Å². The Hall–Kier alpha value is -7.70. The van der Waals surface area contributed by atoms with Crippen molar-refractivity contribution in [1.82, 2.24) is 9.88 Å². The Morgan fingerprint density at radius 3 is 1.86 bits per heavy atom. The van der Waals surface area contributed by atoms with Gasteiger partial charge in [0.25, 0.3) is 0 Å². The van der Waals surface area contributed by atoms with E-state index in [0.29, 0.717) is 5.84 Å². The predicted octanol–water partition coefficient (Wildman–Crippen LogP) is 12.7. The molecule has 0 saturated carbocycles. The molecule has 3 aromatic heterocycles. The molecule has 0 bridgehead atoms. The van der Waals surface area contributed by atoms with Gasteiger partial charge in [-0.25, -0.2) is 9.98 Å². The molecule has 1 N–H and O–H groups in total. The molecule has 0 fully saturated rings. The number of fused-ring (bicyclic) bond motifs is 9. The molecule has 1 unspecified atom stereocenters. The number of aliphatic imine (C=N–C) groups is 2. The highest BCUT2D eigenvalue weighted by molar-refractivity contribution is 6.15. The SMILES string of the molecule is c1ccc(C2=NC(c3ccc4c(c3)oc3cccc(-c5ccc6c(c5)oc5cc(-n7c8ccccc8c8ccccc87)ccc56)c34)NC(c3ccccc3)=N2)cc1. The first-order chi connectivity index (χ1) is 28.2. The van der Waals surface area contributed by atoms with Crippen molar-refractivity contribution in [2.75, 3.05) is 0 Å². The topological polar surface area (TPSA) is 68.0 Å². The van der Waals surface area contributed by atoms with Gasteiger partial charge >= 0.3 is 0 Å². The first kappa shape index (κ1) is 31.6. The average Bonchev–Trinajstić information content (AvgIpc) is 3.95. The molecular weight excluding hydrogens is 701 g/mol. The molecule has 0 spiro atoms. The maximum Gasteiger partial charge on any atom is 0.159 e. The lowest BCUT2D eigenvalue weighted by atomic mass is 9.98. The lowest BCUT2D eigenvalue weighted by Crippen LogP contribution is -2.33. The van der Waals surface area contributed by atoms with Gasteiger partial charge in [0.2, 0.25) is 0 Å². The van der Waals surface area contributed by atoms with Crippen LogP contribution in [0.15, 0.2) is 201 Å². The summed E-state index contributed by atoms with van der Waals surface area (Å²) in [6.45, 7) is 0. The molecule has 6 nitrogen and oxygen atoms in total. The van der Waals surface area contributed by atoms with Crippen LogP contribution >= 0.6 is 0 Å². The van der Waals surface area contributed by atoms with E-state index in [1.54, 1.807) is 0 Å². The van der Waals surface area contributed by atoms with Crippen molar-refractivity contribution in [2.24, 2.45) is 9.98 Å². The maximum absolute atomic E-state index is 6.66. The van der Waals surface area contributed by atoms with Crippen molar-refractivity contribution in [2.45, 2.75) is 6.17 Å². The molecule has 57 heavy (non-hydrogen) atoms. The van der Waals surface area contributed by atoms with Gasteiger partial charge < -0.3 is 18.7 Å². The third-order valence-corrected chi connectivity index (χ3v) is 11.3. The second kappa shape index (κ2) is 12.4. The van der Waals surface area contributed by atoms with Gasteiger partial charge in [-0.1, -0.05) is 127 Å². The first-order valence-corrected chi connectivity index (χ1v) is 19.2. The minimum atomic E-state index is -0.351. The Labute approximate surface area is 326 Å². The maximum atomic E-state index is 6.66. The van der Waals surface area contributed by atoms with Crippen LogP contribution in [-0.4, -0.2) is 16.2 Å². The van der Waals surface area contributed by atoms with E-state index in [9.17, 15) is 0 Å². The van der Waals surface area contributed by atoms with Gasteiger partial charge in [0.15, 0.2) is 5.84 Å². The molecule has 1 aliphatic rings. The summed E-state index contributed by atoms with van der Waals surface area (Å²) in [5.41, 5.74) is 11.9. The van der Waals surface area contributed by atoms with Crippen molar-refractivity contribution >= 4 is 77.4 Å². The van der Waals surface area contributed by atoms with Crippen molar-refractivity contribution in [3.05, 3.63) is 199 Å². The van der Waals surface area contributed by atoms with Gasteiger partial charge in [0.1, 0.15) is 34.3 Å². The van der Waals surface area contributed by atoms with Gasteiger partial charge in [-0.2, -0.15) is 0 Å². The number of nitrogens with one attached hydrogen (secondary N) is 1. The van der Waals surface area contributed by atoms with Crippen molar-refractivity contribution in [3.8, 4) is 16.8 Å². The van der Waals surface area contributed by atoms with Gasteiger partial charge in [-0.3, -0.25) is 0 Å².